The van der Waals surface area contributed by atoms with Crippen LogP contribution in [0.15, 0.2) is 24.3 Å². The quantitative estimate of drug-likeness (QED) is 0.812. The number of benzene rings is 1. The summed E-state index contributed by atoms with van der Waals surface area (Å²) < 4.78 is 24.3. The first-order valence-corrected chi connectivity index (χ1v) is 7.62. The molecule has 1 aliphatic heterocycles. The lowest BCUT2D eigenvalue weighted by Gasteiger charge is -2.30. The normalized spacial score (nSPS) is 19.4. The second-order valence-electron chi connectivity index (χ2n) is 4.60. The van der Waals surface area contributed by atoms with E-state index in [2.05, 4.69) is 0 Å². The first kappa shape index (κ1) is 12.4. The van der Waals surface area contributed by atoms with Crippen molar-refractivity contribution < 1.29 is 8.42 Å². The third-order valence-electron chi connectivity index (χ3n) is 3.33. The monoisotopic (exact) mass is 254 g/mol. The van der Waals surface area contributed by atoms with Gasteiger partial charge >= 0.3 is 0 Å². The van der Waals surface area contributed by atoms with Crippen molar-refractivity contribution in [3.05, 3.63) is 29.8 Å². The molecule has 1 saturated heterocycles. The van der Waals surface area contributed by atoms with Gasteiger partial charge in [-0.2, -0.15) is 0 Å². The van der Waals surface area contributed by atoms with Crippen molar-refractivity contribution >= 4 is 15.7 Å². The van der Waals surface area contributed by atoms with Gasteiger partial charge in [0.05, 0.1) is 6.26 Å². The van der Waals surface area contributed by atoms with Gasteiger partial charge in [0.1, 0.15) is 0 Å². The molecule has 1 aliphatic rings. The van der Waals surface area contributed by atoms with Crippen LogP contribution in [0.4, 0.5) is 5.69 Å². The summed E-state index contributed by atoms with van der Waals surface area (Å²) in [5.41, 5.74) is 7.67. The lowest BCUT2D eigenvalue weighted by atomic mass is 9.90. The van der Waals surface area contributed by atoms with E-state index in [0.717, 1.165) is 18.5 Å². The van der Waals surface area contributed by atoms with Crippen LogP contribution in [0.5, 0.6) is 0 Å². The van der Waals surface area contributed by atoms with Crippen LogP contribution in [0.25, 0.3) is 0 Å². The molecule has 1 aromatic carbocycles. The Bertz CT molecular complexity index is 474. The van der Waals surface area contributed by atoms with Gasteiger partial charge in [0.15, 0.2) is 0 Å². The van der Waals surface area contributed by atoms with E-state index in [1.54, 1.807) is 4.31 Å². The van der Waals surface area contributed by atoms with Gasteiger partial charge in [-0.05, 0) is 36.5 Å². The topological polar surface area (TPSA) is 63.4 Å². The van der Waals surface area contributed by atoms with Crippen molar-refractivity contribution in [3.63, 3.8) is 0 Å². The molecule has 0 bridgehead atoms. The fourth-order valence-electron chi connectivity index (χ4n) is 2.29. The number of anilines is 1. The van der Waals surface area contributed by atoms with Crippen molar-refractivity contribution in [2.24, 2.45) is 0 Å². The number of rotatable bonds is 2. The zero-order valence-electron chi connectivity index (χ0n) is 9.96. The highest BCUT2D eigenvalue weighted by Crippen LogP contribution is 2.29. The van der Waals surface area contributed by atoms with Crippen molar-refractivity contribution in [3.8, 4) is 0 Å². The van der Waals surface area contributed by atoms with Gasteiger partial charge in [-0.15, -0.1) is 0 Å². The summed E-state index contributed by atoms with van der Waals surface area (Å²) in [6.07, 6.45) is 3.05. The molecule has 0 aromatic heterocycles. The van der Waals surface area contributed by atoms with Gasteiger partial charge in [-0.25, -0.2) is 12.7 Å². The van der Waals surface area contributed by atoms with Crippen LogP contribution in [0.1, 0.15) is 24.3 Å². The van der Waals surface area contributed by atoms with Crippen molar-refractivity contribution in [2.75, 3.05) is 25.1 Å². The molecule has 0 atom stereocenters. The Morgan fingerprint density at radius 2 is 1.71 bits per heavy atom. The Hall–Kier alpha value is -1.07. The lowest BCUT2D eigenvalue weighted by Crippen LogP contribution is -2.37. The third kappa shape index (κ3) is 2.98. The van der Waals surface area contributed by atoms with Crippen molar-refractivity contribution in [1.29, 1.82) is 0 Å². The van der Waals surface area contributed by atoms with Gasteiger partial charge in [0.25, 0.3) is 0 Å². The highest BCUT2D eigenvalue weighted by molar-refractivity contribution is 7.88. The molecule has 0 unspecified atom stereocenters. The van der Waals surface area contributed by atoms with Crippen molar-refractivity contribution in [2.45, 2.75) is 18.8 Å². The SMILES string of the molecule is CS(=O)(=O)N1CCC(c2ccc(N)cc2)CC1. The number of hydrogen-bond donors (Lipinski definition) is 1. The highest BCUT2D eigenvalue weighted by atomic mass is 32.2. The Morgan fingerprint density at radius 3 is 2.18 bits per heavy atom. The first-order valence-electron chi connectivity index (χ1n) is 5.77. The van der Waals surface area contributed by atoms with Crippen LogP contribution in [0, 0.1) is 0 Å². The highest BCUT2D eigenvalue weighted by Gasteiger charge is 2.25. The number of nitrogen functional groups attached to an aromatic ring is 1. The van der Waals surface area contributed by atoms with Gasteiger partial charge < -0.3 is 5.73 Å². The summed E-state index contributed by atoms with van der Waals surface area (Å²) >= 11 is 0. The maximum absolute atomic E-state index is 11.4. The maximum atomic E-state index is 11.4. The Morgan fingerprint density at radius 1 is 1.18 bits per heavy atom. The van der Waals surface area contributed by atoms with E-state index in [1.165, 1.54) is 11.8 Å². The average molecular weight is 254 g/mol. The summed E-state index contributed by atoms with van der Waals surface area (Å²) in [4.78, 5) is 0. The zero-order chi connectivity index (χ0) is 12.5. The van der Waals surface area contributed by atoms with E-state index in [0.29, 0.717) is 19.0 Å². The minimum atomic E-state index is -3.02. The summed E-state index contributed by atoms with van der Waals surface area (Å²) in [6.45, 7) is 1.24. The first-order chi connectivity index (χ1) is 7.97. The molecular formula is C12H18N2O2S. The Labute approximate surface area is 102 Å². The van der Waals surface area contributed by atoms with Crippen LogP contribution >= 0.6 is 0 Å². The molecule has 2 rings (SSSR count). The molecule has 0 saturated carbocycles. The summed E-state index contributed by atoms with van der Waals surface area (Å²) in [5, 5.41) is 0. The van der Waals surface area contributed by atoms with E-state index in [4.69, 9.17) is 5.73 Å². The molecule has 1 aromatic rings. The van der Waals surface area contributed by atoms with Crippen LogP contribution in [-0.4, -0.2) is 32.1 Å². The van der Waals surface area contributed by atoms with Gasteiger partial charge in [-0.3, -0.25) is 0 Å². The molecule has 1 heterocycles. The molecule has 0 spiro atoms. The molecule has 0 aliphatic carbocycles. The smallest absolute Gasteiger partial charge is 0.211 e. The van der Waals surface area contributed by atoms with Crippen LogP contribution in [0.3, 0.4) is 0 Å². The van der Waals surface area contributed by atoms with E-state index in [1.807, 2.05) is 24.3 Å². The Balaban J connectivity index is 2.02. The van der Waals surface area contributed by atoms with E-state index < -0.39 is 10.0 Å². The molecule has 17 heavy (non-hydrogen) atoms. The summed E-state index contributed by atoms with van der Waals surface area (Å²) in [5.74, 6) is 0.452. The van der Waals surface area contributed by atoms with Gasteiger partial charge in [0, 0.05) is 18.8 Å². The number of sulfonamides is 1. The molecule has 5 heteroatoms. The zero-order valence-corrected chi connectivity index (χ0v) is 10.8. The summed E-state index contributed by atoms with van der Waals surface area (Å²) in [6, 6.07) is 7.88. The van der Waals surface area contributed by atoms with E-state index in [9.17, 15) is 8.42 Å². The number of nitrogens with zero attached hydrogens (tertiary/aromatic N) is 1. The maximum Gasteiger partial charge on any atom is 0.211 e. The predicted molar refractivity (Wildman–Crippen MR) is 69.2 cm³/mol. The van der Waals surface area contributed by atoms with E-state index in [-0.39, 0.29) is 0 Å². The fourth-order valence-corrected chi connectivity index (χ4v) is 3.16. The Kier molecular flexibility index (Phi) is 3.40. The van der Waals surface area contributed by atoms with Gasteiger partial charge in [0.2, 0.25) is 10.0 Å². The minimum Gasteiger partial charge on any atom is -0.399 e. The summed E-state index contributed by atoms with van der Waals surface area (Å²) in [7, 11) is -3.02. The van der Waals surface area contributed by atoms with Crippen LogP contribution < -0.4 is 5.73 Å². The lowest BCUT2D eigenvalue weighted by molar-refractivity contribution is 0.321. The number of hydrogen-bond acceptors (Lipinski definition) is 3. The average Bonchev–Trinajstić information content (AvgIpc) is 2.29. The van der Waals surface area contributed by atoms with Crippen LogP contribution in [-0.2, 0) is 10.0 Å². The number of piperidine rings is 1. The van der Waals surface area contributed by atoms with Crippen LogP contribution in [0.2, 0.25) is 0 Å². The standard InChI is InChI=1S/C12H18N2O2S/c1-17(15,16)14-8-6-11(7-9-14)10-2-4-12(13)5-3-10/h2-5,11H,6-9,13H2,1H3. The molecule has 1 fully saturated rings. The third-order valence-corrected chi connectivity index (χ3v) is 4.63. The molecule has 0 radical (unpaired) electrons. The van der Waals surface area contributed by atoms with E-state index >= 15 is 0 Å². The van der Waals surface area contributed by atoms with Crippen molar-refractivity contribution in [1.82, 2.24) is 4.31 Å². The second kappa shape index (κ2) is 4.66. The van der Waals surface area contributed by atoms with Gasteiger partial charge in [-0.1, -0.05) is 12.1 Å². The predicted octanol–water partition coefficient (Wildman–Crippen LogP) is 1.41. The fraction of sp³-hybridized carbons (Fsp3) is 0.500. The largest absolute Gasteiger partial charge is 0.399 e. The molecule has 2 N–H and O–H groups in total. The number of nitrogens with two attached hydrogens (primary N) is 1. The molecule has 0 amide bonds. The molecule has 4 nitrogen and oxygen atoms in total. The molecular weight excluding hydrogens is 236 g/mol. The molecule has 94 valence electrons. The minimum absolute atomic E-state index is 0.452. The second-order valence-corrected chi connectivity index (χ2v) is 6.59.